The zero-order valence-corrected chi connectivity index (χ0v) is 11.2. The molecule has 0 aromatic carbocycles. The third kappa shape index (κ3) is 6.93. The molecule has 2 heteroatoms. The van der Waals surface area contributed by atoms with Crippen LogP contribution in [0.5, 0.6) is 0 Å². The van der Waals surface area contributed by atoms with Crippen LogP contribution in [0.3, 0.4) is 0 Å². The third-order valence-electron chi connectivity index (χ3n) is 1.48. The predicted octanol–water partition coefficient (Wildman–Crippen LogP) is 4.22. The second kappa shape index (κ2) is 13.6. The summed E-state index contributed by atoms with van der Waals surface area (Å²) in [6.45, 7) is 14.5. The van der Waals surface area contributed by atoms with Gasteiger partial charge in [0.2, 0.25) is 0 Å². The van der Waals surface area contributed by atoms with Gasteiger partial charge in [-0.1, -0.05) is 34.3 Å². The van der Waals surface area contributed by atoms with Crippen molar-refractivity contribution in [2.24, 2.45) is 4.99 Å². The minimum atomic E-state index is 0.797. The Morgan fingerprint density at radius 1 is 1.31 bits per heavy atom. The molecule has 90 valence electrons. The van der Waals surface area contributed by atoms with Crippen molar-refractivity contribution in [2.45, 2.75) is 34.6 Å². The van der Waals surface area contributed by atoms with E-state index in [-0.39, 0.29) is 0 Å². The molecule has 16 heavy (non-hydrogen) atoms. The van der Waals surface area contributed by atoms with Gasteiger partial charge in [0.1, 0.15) is 0 Å². The maximum Gasteiger partial charge on any atom is 0.0711 e. The fourth-order valence-corrected chi connectivity index (χ4v) is 0.899. The second-order valence-electron chi connectivity index (χ2n) is 2.31. The molecule has 0 saturated carbocycles. The number of pyridine rings is 1. The molecule has 0 bridgehead atoms. The van der Waals surface area contributed by atoms with E-state index in [4.69, 9.17) is 0 Å². The highest BCUT2D eigenvalue weighted by Gasteiger charge is 1.93. The van der Waals surface area contributed by atoms with E-state index in [1.165, 1.54) is 0 Å². The molecule has 1 aromatic rings. The Balaban J connectivity index is 0. The number of nitrogens with zero attached hydrogens (tertiary/aromatic N) is 2. The SMILES string of the molecule is C=Cc1ncccc1C=NCC.CC.CC. The molecule has 0 aliphatic heterocycles. The van der Waals surface area contributed by atoms with Gasteiger partial charge in [-0.2, -0.15) is 0 Å². The molecule has 0 atom stereocenters. The molecular formula is C14H24N2. The van der Waals surface area contributed by atoms with Crippen molar-refractivity contribution in [1.82, 2.24) is 4.98 Å². The van der Waals surface area contributed by atoms with Gasteiger partial charge in [0.05, 0.1) is 5.69 Å². The summed E-state index contributed by atoms with van der Waals surface area (Å²) in [5.74, 6) is 0. The maximum absolute atomic E-state index is 4.14. The monoisotopic (exact) mass is 220 g/mol. The Morgan fingerprint density at radius 3 is 2.44 bits per heavy atom. The van der Waals surface area contributed by atoms with E-state index >= 15 is 0 Å². The molecule has 0 N–H and O–H groups in total. The quantitative estimate of drug-likeness (QED) is 0.700. The van der Waals surface area contributed by atoms with Crippen molar-refractivity contribution in [1.29, 1.82) is 0 Å². The zero-order valence-electron chi connectivity index (χ0n) is 11.2. The zero-order chi connectivity index (χ0) is 12.8. The highest BCUT2D eigenvalue weighted by Crippen LogP contribution is 2.02. The number of aromatic nitrogens is 1. The van der Waals surface area contributed by atoms with Gasteiger partial charge in [0.15, 0.2) is 0 Å². The molecule has 1 aromatic heterocycles. The first-order valence-corrected chi connectivity index (χ1v) is 5.95. The lowest BCUT2D eigenvalue weighted by molar-refractivity contribution is 1.14. The fraction of sp³-hybridized carbons (Fsp3) is 0.429. The van der Waals surface area contributed by atoms with E-state index in [0.29, 0.717) is 0 Å². The summed E-state index contributed by atoms with van der Waals surface area (Å²) >= 11 is 0. The molecule has 0 radical (unpaired) electrons. The van der Waals surface area contributed by atoms with Gasteiger partial charge in [0, 0.05) is 24.5 Å². The van der Waals surface area contributed by atoms with E-state index in [0.717, 1.165) is 17.8 Å². The molecule has 0 spiro atoms. The molecule has 0 aliphatic carbocycles. The van der Waals surface area contributed by atoms with Crippen LogP contribution in [0.1, 0.15) is 45.9 Å². The second-order valence-corrected chi connectivity index (χ2v) is 2.31. The van der Waals surface area contributed by atoms with Crippen LogP contribution in [0.15, 0.2) is 29.9 Å². The van der Waals surface area contributed by atoms with Gasteiger partial charge >= 0.3 is 0 Å². The first kappa shape index (κ1) is 17.0. The number of aliphatic imine (C=N–C) groups is 1. The van der Waals surface area contributed by atoms with Crippen molar-refractivity contribution in [3.8, 4) is 0 Å². The van der Waals surface area contributed by atoms with Gasteiger partial charge in [-0.3, -0.25) is 9.98 Å². The average Bonchev–Trinajstić information content (AvgIpc) is 2.41. The maximum atomic E-state index is 4.14. The lowest BCUT2D eigenvalue weighted by atomic mass is 10.2. The summed E-state index contributed by atoms with van der Waals surface area (Å²) < 4.78 is 0. The summed E-state index contributed by atoms with van der Waals surface area (Å²) in [5, 5.41) is 0. The molecule has 0 aliphatic rings. The van der Waals surface area contributed by atoms with Gasteiger partial charge in [0.25, 0.3) is 0 Å². The van der Waals surface area contributed by atoms with Crippen molar-refractivity contribution in [3.05, 3.63) is 36.2 Å². The van der Waals surface area contributed by atoms with E-state index < -0.39 is 0 Å². The Morgan fingerprint density at radius 2 is 1.94 bits per heavy atom. The largest absolute Gasteiger partial charge is 0.293 e. The van der Waals surface area contributed by atoms with Crippen LogP contribution >= 0.6 is 0 Å². The number of hydrogen-bond acceptors (Lipinski definition) is 2. The lowest BCUT2D eigenvalue weighted by Gasteiger charge is -1.96. The molecular weight excluding hydrogens is 196 g/mol. The minimum absolute atomic E-state index is 0.797. The van der Waals surface area contributed by atoms with Gasteiger partial charge in [-0.25, -0.2) is 0 Å². The van der Waals surface area contributed by atoms with Gasteiger partial charge < -0.3 is 0 Å². The molecule has 2 nitrogen and oxygen atoms in total. The summed E-state index contributed by atoms with van der Waals surface area (Å²) in [6.07, 6.45) is 5.31. The first-order chi connectivity index (χ1) is 7.88. The average molecular weight is 220 g/mol. The van der Waals surface area contributed by atoms with Gasteiger partial charge in [-0.15, -0.1) is 0 Å². The van der Waals surface area contributed by atoms with Crippen molar-refractivity contribution in [2.75, 3.05) is 6.54 Å². The van der Waals surface area contributed by atoms with Crippen LogP contribution in [0.25, 0.3) is 6.08 Å². The fourth-order valence-electron chi connectivity index (χ4n) is 0.899. The van der Waals surface area contributed by atoms with Gasteiger partial charge in [-0.05, 0) is 25.1 Å². The van der Waals surface area contributed by atoms with Crippen LogP contribution in [0, 0.1) is 0 Å². The summed E-state index contributed by atoms with van der Waals surface area (Å²) in [4.78, 5) is 8.28. The van der Waals surface area contributed by atoms with Crippen LogP contribution in [0.4, 0.5) is 0 Å². The van der Waals surface area contributed by atoms with E-state index in [1.54, 1.807) is 12.3 Å². The molecule has 0 amide bonds. The van der Waals surface area contributed by atoms with Crippen LogP contribution in [-0.4, -0.2) is 17.7 Å². The summed E-state index contributed by atoms with van der Waals surface area (Å²) in [5.41, 5.74) is 1.91. The minimum Gasteiger partial charge on any atom is -0.293 e. The summed E-state index contributed by atoms with van der Waals surface area (Å²) in [7, 11) is 0. The molecule has 1 rings (SSSR count). The Labute approximate surface area is 100 Å². The standard InChI is InChI=1S/C10H12N2.2C2H6/c1-3-10-9(8-11-4-2)6-5-7-12-10;2*1-2/h3,5-8H,1,4H2,2H3;2*1-2H3. The Kier molecular flexibility index (Phi) is 14.4. The molecule has 1 heterocycles. The molecule has 0 saturated heterocycles. The lowest BCUT2D eigenvalue weighted by Crippen LogP contribution is -1.89. The van der Waals surface area contributed by atoms with E-state index in [1.807, 2.05) is 53.0 Å². The van der Waals surface area contributed by atoms with Crippen molar-refractivity contribution >= 4 is 12.3 Å². The predicted molar refractivity (Wildman–Crippen MR) is 75.2 cm³/mol. The van der Waals surface area contributed by atoms with Crippen LogP contribution in [-0.2, 0) is 0 Å². The number of rotatable bonds is 3. The summed E-state index contributed by atoms with van der Waals surface area (Å²) in [6, 6.07) is 3.87. The van der Waals surface area contributed by atoms with Crippen molar-refractivity contribution in [3.63, 3.8) is 0 Å². The molecule has 0 unspecified atom stereocenters. The third-order valence-corrected chi connectivity index (χ3v) is 1.48. The number of hydrogen-bond donors (Lipinski definition) is 0. The smallest absolute Gasteiger partial charge is 0.0711 e. The topological polar surface area (TPSA) is 25.2 Å². The van der Waals surface area contributed by atoms with Crippen LogP contribution in [0.2, 0.25) is 0 Å². The van der Waals surface area contributed by atoms with E-state index in [9.17, 15) is 0 Å². The first-order valence-electron chi connectivity index (χ1n) is 5.95. The Bertz CT molecular complexity index is 291. The molecule has 0 fully saturated rings. The normalized spacial score (nSPS) is 8.56. The van der Waals surface area contributed by atoms with Crippen LogP contribution < -0.4 is 0 Å². The Hall–Kier alpha value is -1.44. The van der Waals surface area contributed by atoms with E-state index in [2.05, 4.69) is 16.6 Å². The highest BCUT2D eigenvalue weighted by molar-refractivity contribution is 5.83. The highest BCUT2D eigenvalue weighted by atomic mass is 14.7. The van der Waals surface area contributed by atoms with Crippen molar-refractivity contribution < 1.29 is 0 Å².